The van der Waals surface area contributed by atoms with E-state index in [1.165, 1.54) is 0 Å². The normalized spacial score (nSPS) is 15.6. The fourth-order valence-corrected chi connectivity index (χ4v) is 3.32. The van der Waals surface area contributed by atoms with Gasteiger partial charge in [0.05, 0.1) is 22.9 Å². The van der Waals surface area contributed by atoms with Gasteiger partial charge < -0.3 is 9.88 Å². The molecule has 2 aromatic carbocycles. The lowest BCUT2D eigenvalue weighted by molar-refractivity contribution is 0.0931. The Morgan fingerprint density at radius 1 is 1.26 bits per heavy atom. The lowest BCUT2D eigenvalue weighted by atomic mass is 10.0. The van der Waals surface area contributed by atoms with Gasteiger partial charge >= 0.3 is 0 Å². The molecule has 1 aliphatic rings. The van der Waals surface area contributed by atoms with Gasteiger partial charge in [-0.25, -0.2) is 4.98 Å². The molecule has 0 bridgehead atoms. The molecular formula is C18H16ClN3O. The van der Waals surface area contributed by atoms with Gasteiger partial charge in [-0.1, -0.05) is 29.8 Å². The fourth-order valence-electron chi connectivity index (χ4n) is 3.00. The van der Waals surface area contributed by atoms with Crippen molar-refractivity contribution in [3.05, 3.63) is 64.9 Å². The summed E-state index contributed by atoms with van der Waals surface area (Å²) in [5.74, 6) is -0.0880. The summed E-state index contributed by atoms with van der Waals surface area (Å²) in [6.45, 7) is 0. The highest BCUT2D eigenvalue weighted by Crippen LogP contribution is 2.48. The summed E-state index contributed by atoms with van der Waals surface area (Å²) in [6.07, 6.45) is 3.57. The molecule has 5 heteroatoms. The molecule has 1 amide bonds. The third kappa shape index (κ3) is 2.39. The lowest BCUT2D eigenvalue weighted by Gasteiger charge is -2.19. The molecule has 0 aliphatic heterocycles. The number of fused-ring (bicyclic) bond motifs is 1. The average Bonchev–Trinajstić information content (AvgIpc) is 3.23. The highest BCUT2D eigenvalue weighted by atomic mass is 35.5. The minimum atomic E-state index is -0.325. The van der Waals surface area contributed by atoms with Crippen LogP contribution in [0.2, 0.25) is 5.02 Å². The highest BCUT2D eigenvalue weighted by Gasteiger charge is 2.46. The van der Waals surface area contributed by atoms with Crippen molar-refractivity contribution in [3.8, 4) is 0 Å². The highest BCUT2D eigenvalue weighted by molar-refractivity contribution is 6.31. The van der Waals surface area contributed by atoms with E-state index in [9.17, 15) is 4.79 Å². The summed E-state index contributed by atoms with van der Waals surface area (Å²) in [7, 11) is 1.94. The molecule has 0 radical (unpaired) electrons. The summed E-state index contributed by atoms with van der Waals surface area (Å²) in [5, 5.41) is 3.85. The minimum Gasteiger partial charge on any atom is -0.342 e. The van der Waals surface area contributed by atoms with E-state index >= 15 is 0 Å². The molecular weight excluding hydrogens is 310 g/mol. The summed E-state index contributed by atoms with van der Waals surface area (Å²) < 4.78 is 1.93. The zero-order chi connectivity index (χ0) is 16.0. The van der Waals surface area contributed by atoms with Gasteiger partial charge in [0.25, 0.3) is 5.91 Å². The van der Waals surface area contributed by atoms with Crippen LogP contribution in [-0.4, -0.2) is 15.5 Å². The van der Waals surface area contributed by atoms with Crippen LogP contribution < -0.4 is 5.32 Å². The summed E-state index contributed by atoms with van der Waals surface area (Å²) in [4.78, 5) is 17.0. The summed E-state index contributed by atoms with van der Waals surface area (Å²) >= 11 is 6.30. The number of benzene rings is 2. The van der Waals surface area contributed by atoms with E-state index in [0.717, 1.165) is 29.4 Å². The predicted octanol–water partition coefficient (Wildman–Crippen LogP) is 3.65. The number of imidazole rings is 1. The summed E-state index contributed by atoms with van der Waals surface area (Å²) in [5.41, 5.74) is 3.12. The van der Waals surface area contributed by atoms with E-state index in [2.05, 4.69) is 10.3 Å². The number of aryl methyl sites for hydroxylation is 1. The zero-order valence-electron chi connectivity index (χ0n) is 12.7. The Hall–Kier alpha value is -2.33. The summed E-state index contributed by atoms with van der Waals surface area (Å²) in [6, 6.07) is 13.3. The van der Waals surface area contributed by atoms with E-state index in [-0.39, 0.29) is 11.4 Å². The van der Waals surface area contributed by atoms with Gasteiger partial charge in [0.1, 0.15) is 0 Å². The predicted molar refractivity (Wildman–Crippen MR) is 90.5 cm³/mol. The SMILES string of the molecule is Cn1cnc2cc(C(=O)NC3(c4ccccc4Cl)CC3)ccc21. The van der Waals surface area contributed by atoms with Crippen molar-refractivity contribution in [1.82, 2.24) is 14.9 Å². The van der Waals surface area contributed by atoms with Crippen LogP contribution in [0.25, 0.3) is 11.0 Å². The van der Waals surface area contributed by atoms with Crippen molar-refractivity contribution in [3.63, 3.8) is 0 Å². The first kappa shape index (κ1) is 14.3. The Morgan fingerprint density at radius 2 is 2.04 bits per heavy atom. The van der Waals surface area contributed by atoms with Crippen molar-refractivity contribution < 1.29 is 4.79 Å². The first-order chi connectivity index (χ1) is 11.1. The van der Waals surface area contributed by atoms with E-state index in [1.54, 1.807) is 6.33 Å². The zero-order valence-corrected chi connectivity index (χ0v) is 13.5. The number of nitrogens with one attached hydrogen (secondary N) is 1. The third-order valence-corrected chi connectivity index (χ3v) is 4.81. The third-order valence-electron chi connectivity index (χ3n) is 4.48. The monoisotopic (exact) mass is 325 g/mol. The number of aromatic nitrogens is 2. The van der Waals surface area contributed by atoms with E-state index in [4.69, 9.17) is 11.6 Å². The van der Waals surface area contributed by atoms with Gasteiger partial charge in [0.2, 0.25) is 0 Å². The maximum absolute atomic E-state index is 12.6. The molecule has 1 N–H and O–H groups in total. The molecule has 4 nitrogen and oxygen atoms in total. The number of carbonyl (C=O) groups is 1. The van der Waals surface area contributed by atoms with Crippen LogP contribution >= 0.6 is 11.6 Å². The lowest BCUT2D eigenvalue weighted by Crippen LogP contribution is -2.35. The molecule has 116 valence electrons. The van der Waals surface area contributed by atoms with Crippen molar-refractivity contribution in [2.75, 3.05) is 0 Å². The van der Waals surface area contributed by atoms with Crippen molar-refractivity contribution >= 4 is 28.5 Å². The number of carbonyl (C=O) groups excluding carboxylic acids is 1. The van der Waals surface area contributed by atoms with Crippen molar-refractivity contribution in [1.29, 1.82) is 0 Å². The molecule has 1 fully saturated rings. The van der Waals surface area contributed by atoms with Crippen LogP contribution in [0, 0.1) is 0 Å². The molecule has 0 unspecified atom stereocenters. The maximum Gasteiger partial charge on any atom is 0.252 e. The Balaban J connectivity index is 1.63. The number of halogens is 1. The van der Waals surface area contributed by atoms with Crippen LogP contribution in [0.1, 0.15) is 28.8 Å². The number of hydrogen-bond acceptors (Lipinski definition) is 2. The van der Waals surface area contributed by atoms with E-state index in [0.29, 0.717) is 10.6 Å². The van der Waals surface area contributed by atoms with E-state index < -0.39 is 0 Å². The largest absolute Gasteiger partial charge is 0.342 e. The average molecular weight is 326 g/mol. The maximum atomic E-state index is 12.6. The number of hydrogen-bond donors (Lipinski definition) is 1. The standard InChI is InChI=1S/C18H16ClN3O/c1-22-11-20-15-10-12(6-7-16(15)22)17(23)21-18(8-9-18)13-4-2-3-5-14(13)19/h2-7,10-11H,8-9H2,1H3,(H,21,23). The molecule has 1 heterocycles. The molecule has 0 atom stereocenters. The Bertz CT molecular complexity index is 912. The molecule has 1 saturated carbocycles. The number of nitrogens with zero attached hydrogens (tertiary/aromatic N) is 2. The second kappa shape index (κ2) is 5.10. The van der Waals surface area contributed by atoms with Crippen LogP contribution in [0.5, 0.6) is 0 Å². The molecule has 0 saturated heterocycles. The smallest absolute Gasteiger partial charge is 0.252 e. The quantitative estimate of drug-likeness (QED) is 0.799. The van der Waals surface area contributed by atoms with Gasteiger partial charge in [-0.15, -0.1) is 0 Å². The molecule has 23 heavy (non-hydrogen) atoms. The number of rotatable bonds is 3. The van der Waals surface area contributed by atoms with Crippen LogP contribution in [0.3, 0.4) is 0 Å². The Kier molecular flexibility index (Phi) is 3.16. The first-order valence-electron chi connectivity index (χ1n) is 7.58. The van der Waals surface area contributed by atoms with Crippen LogP contribution in [-0.2, 0) is 12.6 Å². The van der Waals surface area contributed by atoms with Gasteiger partial charge in [-0.2, -0.15) is 0 Å². The van der Waals surface area contributed by atoms with E-state index in [1.807, 2.05) is 54.1 Å². The first-order valence-corrected chi connectivity index (χ1v) is 7.95. The molecule has 3 aromatic rings. The van der Waals surface area contributed by atoms with Crippen LogP contribution in [0.15, 0.2) is 48.8 Å². The fraction of sp³-hybridized carbons (Fsp3) is 0.222. The van der Waals surface area contributed by atoms with Gasteiger partial charge in [0.15, 0.2) is 0 Å². The van der Waals surface area contributed by atoms with Gasteiger partial charge in [-0.05, 0) is 42.7 Å². The van der Waals surface area contributed by atoms with Crippen molar-refractivity contribution in [2.45, 2.75) is 18.4 Å². The Morgan fingerprint density at radius 3 is 2.78 bits per heavy atom. The van der Waals surface area contributed by atoms with Gasteiger partial charge in [0, 0.05) is 17.6 Å². The molecule has 1 aliphatic carbocycles. The Labute approximate surface area is 139 Å². The minimum absolute atomic E-state index is 0.0880. The second-order valence-electron chi connectivity index (χ2n) is 6.08. The topological polar surface area (TPSA) is 46.9 Å². The molecule has 0 spiro atoms. The van der Waals surface area contributed by atoms with Gasteiger partial charge in [-0.3, -0.25) is 4.79 Å². The van der Waals surface area contributed by atoms with Crippen molar-refractivity contribution in [2.24, 2.45) is 7.05 Å². The number of amides is 1. The molecule has 1 aromatic heterocycles. The second-order valence-corrected chi connectivity index (χ2v) is 6.48. The van der Waals surface area contributed by atoms with Crippen LogP contribution in [0.4, 0.5) is 0 Å². The molecule has 4 rings (SSSR count).